The minimum atomic E-state index is -0.973. The van der Waals surface area contributed by atoms with Crippen LogP contribution in [0, 0.1) is 0 Å². The molecular weight excluding hydrogens is 262 g/mol. The highest BCUT2D eigenvalue weighted by Gasteiger charge is 2.32. The molecule has 2 N–H and O–H groups in total. The van der Waals surface area contributed by atoms with Crippen LogP contribution in [0.5, 0.6) is 0 Å². The number of carboxylic acids is 1. The second kappa shape index (κ2) is 7.39. The van der Waals surface area contributed by atoms with Crippen molar-refractivity contribution in [3.05, 3.63) is 29.3 Å². The lowest BCUT2D eigenvalue weighted by molar-refractivity contribution is -0.142. The number of nitrogens with one attached hydrogen (secondary N) is 1. The second-order valence-electron chi connectivity index (χ2n) is 5.05. The van der Waals surface area contributed by atoms with Gasteiger partial charge in [-0.05, 0) is 25.5 Å². The van der Waals surface area contributed by atoms with Crippen LogP contribution in [0.1, 0.15) is 46.0 Å². The van der Waals surface area contributed by atoms with Crippen LogP contribution in [0.15, 0.2) is 24.3 Å². The third-order valence-corrected chi connectivity index (χ3v) is 3.62. The standard InChI is InChI=1S/C15H22ClNO2/c1-3-4-5-8-11-15(2,14(18)19)17-13-10-7-6-9-12(13)16/h6-7,9-10,17H,3-5,8,11H2,1-2H3,(H,18,19). The minimum Gasteiger partial charge on any atom is -0.480 e. The second-order valence-corrected chi connectivity index (χ2v) is 5.46. The normalized spacial score (nSPS) is 13.8. The number of hydrogen-bond acceptors (Lipinski definition) is 2. The summed E-state index contributed by atoms with van der Waals surface area (Å²) in [5.74, 6) is -0.844. The summed E-state index contributed by atoms with van der Waals surface area (Å²) in [5, 5.41) is 13.0. The summed E-state index contributed by atoms with van der Waals surface area (Å²) >= 11 is 6.06. The molecule has 0 aliphatic heterocycles. The third kappa shape index (κ3) is 4.75. The predicted molar refractivity (Wildman–Crippen MR) is 79.9 cm³/mol. The Balaban J connectivity index is 2.71. The van der Waals surface area contributed by atoms with Gasteiger partial charge in [0, 0.05) is 0 Å². The lowest BCUT2D eigenvalue weighted by atomic mass is 9.93. The Morgan fingerprint density at radius 2 is 2.00 bits per heavy atom. The average molecular weight is 284 g/mol. The van der Waals surface area contributed by atoms with Crippen molar-refractivity contribution in [2.24, 2.45) is 0 Å². The lowest BCUT2D eigenvalue weighted by Crippen LogP contribution is -2.43. The molecule has 0 heterocycles. The van der Waals surface area contributed by atoms with Gasteiger partial charge in [0.2, 0.25) is 0 Å². The lowest BCUT2D eigenvalue weighted by Gasteiger charge is -2.28. The summed E-state index contributed by atoms with van der Waals surface area (Å²) in [6, 6.07) is 7.22. The molecule has 0 spiro atoms. The van der Waals surface area contributed by atoms with E-state index in [0.717, 1.165) is 25.7 Å². The highest BCUT2D eigenvalue weighted by molar-refractivity contribution is 6.33. The van der Waals surface area contributed by atoms with Crippen LogP contribution in [0.4, 0.5) is 5.69 Å². The molecule has 0 aliphatic rings. The molecule has 0 fully saturated rings. The largest absolute Gasteiger partial charge is 0.480 e. The van der Waals surface area contributed by atoms with Gasteiger partial charge < -0.3 is 10.4 Å². The number of halogens is 1. The van der Waals surface area contributed by atoms with E-state index >= 15 is 0 Å². The van der Waals surface area contributed by atoms with E-state index in [-0.39, 0.29) is 0 Å². The number of para-hydroxylation sites is 1. The van der Waals surface area contributed by atoms with Crippen LogP contribution in [0.2, 0.25) is 5.02 Å². The van der Waals surface area contributed by atoms with Gasteiger partial charge in [0.05, 0.1) is 10.7 Å². The van der Waals surface area contributed by atoms with Gasteiger partial charge in [0.1, 0.15) is 5.54 Å². The van der Waals surface area contributed by atoms with Crippen LogP contribution in [-0.2, 0) is 4.79 Å². The van der Waals surface area contributed by atoms with E-state index in [1.54, 1.807) is 19.1 Å². The van der Waals surface area contributed by atoms with Gasteiger partial charge in [0.15, 0.2) is 0 Å². The monoisotopic (exact) mass is 283 g/mol. The van der Waals surface area contributed by atoms with Crippen molar-refractivity contribution in [2.75, 3.05) is 5.32 Å². The van der Waals surface area contributed by atoms with E-state index in [4.69, 9.17) is 11.6 Å². The van der Waals surface area contributed by atoms with Gasteiger partial charge in [-0.3, -0.25) is 0 Å². The zero-order chi connectivity index (χ0) is 14.3. The number of carboxylic acid groups (broad SMARTS) is 1. The Kier molecular flexibility index (Phi) is 6.16. The Morgan fingerprint density at radius 3 is 2.58 bits per heavy atom. The van der Waals surface area contributed by atoms with Crippen LogP contribution in [-0.4, -0.2) is 16.6 Å². The van der Waals surface area contributed by atoms with Gasteiger partial charge in [-0.1, -0.05) is 56.3 Å². The van der Waals surface area contributed by atoms with Crippen molar-refractivity contribution in [3.63, 3.8) is 0 Å². The Labute approximate surface area is 120 Å². The van der Waals surface area contributed by atoms with E-state index in [0.29, 0.717) is 17.1 Å². The number of carbonyl (C=O) groups is 1. The zero-order valence-corrected chi connectivity index (χ0v) is 12.3. The first-order chi connectivity index (χ1) is 8.99. The molecule has 0 aromatic heterocycles. The molecule has 1 rings (SSSR count). The fourth-order valence-electron chi connectivity index (χ4n) is 1.99. The minimum absolute atomic E-state index is 0.545. The first-order valence-corrected chi connectivity index (χ1v) is 7.13. The van der Waals surface area contributed by atoms with Gasteiger partial charge in [0.25, 0.3) is 0 Å². The van der Waals surface area contributed by atoms with Crippen molar-refractivity contribution < 1.29 is 9.90 Å². The SMILES string of the molecule is CCCCCCC(C)(Nc1ccccc1Cl)C(=O)O. The summed E-state index contributed by atoms with van der Waals surface area (Å²) in [6.45, 7) is 3.85. The molecule has 1 aromatic rings. The van der Waals surface area contributed by atoms with Crippen LogP contribution < -0.4 is 5.32 Å². The Morgan fingerprint density at radius 1 is 1.32 bits per heavy atom. The summed E-state index contributed by atoms with van der Waals surface area (Å²) in [4.78, 5) is 11.5. The highest BCUT2D eigenvalue weighted by Crippen LogP contribution is 2.27. The number of aliphatic carboxylic acids is 1. The van der Waals surface area contributed by atoms with E-state index in [1.165, 1.54) is 0 Å². The van der Waals surface area contributed by atoms with Crippen LogP contribution in [0.3, 0.4) is 0 Å². The summed E-state index contributed by atoms with van der Waals surface area (Å²) in [7, 11) is 0. The number of anilines is 1. The Hall–Kier alpha value is -1.22. The van der Waals surface area contributed by atoms with Crippen molar-refractivity contribution in [1.29, 1.82) is 0 Å². The maximum atomic E-state index is 11.5. The number of hydrogen-bond donors (Lipinski definition) is 2. The van der Waals surface area contributed by atoms with E-state index in [2.05, 4.69) is 12.2 Å². The molecule has 0 saturated carbocycles. The average Bonchev–Trinajstić information content (AvgIpc) is 2.37. The van der Waals surface area contributed by atoms with Gasteiger partial charge in [-0.15, -0.1) is 0 Å². The molecule has 1 atom stereocenters. The maximum Gasteiger partial charge on any atom is 0.329 e. The quantitative estimate of drug-likeness (QED) is 0.687. The zero-order valence-electron chi connectivity index (χ0n) is 11.6. The first-order valence-electron chi connectivity index (χ1n) is 6.75. The van der Waals surface area contributed by atoms with Crippen molar-refractivity contribution in [3.8, 4) is 0 Å². The smallest absolute Gasteiger partial charge is 0.329 e. The van der Waals surface area contributed by atoms with Crippen LogP contribution in [0.25, 0.3) is 0 Å². The molecule has 4 heteroatoms. The molecule has 1 unspecified atom stereocenters. The first kappa shape index (κ1) is 15.8. The van der Waals surface area contributed by atoms with Crippen molar-refractivity contribution in [2.45, 2.75) is 51.5 Å². The Bertz CT molecular complexity index is 422. The molecule has 3 nitrogen and oxygen atoms in total. The topological polar surface area (TPSA) is 49.3 Å². The molecular formula is C15H22ClNO2. The molecule has 106 valence electrons. The molecule has 0 saturated heterocycles. The highest BCUT2D eigenvalue weighted by atomic mass is 35.5. The van der Waals surface area contributed by atoms with Crippen LogP contribution >= 0.6 is 11.6 Å². The molecule has 0 amide bonds. The van der Waals surface area contributed by atoms with E-state index < -0.39 is 11.5 Å². The number of unbranched alkanes of at least 4 members (excludes halogenated alkanes) is 3. The predicted octanol–water partition coefficient (Wildman–Crippen LogP) is 4.57. The fourth-order valence-corrected chi connectivity index (χ4v) is 2.17. The van der Waals surface area contributed by atoms with E-state index in [1.807, 2.05) is 12.1 Å². The molecule has 0 aliphatic carbocycles. The van der Waals surface area contributed by atoms with Crippen molar-refractivity contribution in [1.82, 2.24) is 0 Å². The van der Waals surface area contributed by atoms with Gasteiger partial charge in [-0.25, -0.2) is 4.79 Å². The van der Waals surface area contributed by atoms with Gasteiger partial charge >= 0.3 is 5.97 Å². The summed E-state index contributed by atoms with van der Waals surface area (Å²) in [5.41, 5.74) is -0.303. The summed E-state index contributed by atoms with van der Waals surface area (Å²) < 4.78 is 0. The summed E-state index contributed by atoms with van der Waals surface area (Å²) in [6.07, 6.45) is 4.83. The third-order valence-electron chi connectivity index (χ3n) is 3.29. The molecule has 0 bridgehead atoms. The van der Waals surface area contributed by atoms with Gasteiger partial charge in [-0.2, -0.15) is 0 Å². The van der Waals surface area contributed by atoms with E-state index in [9.17, 15) is 9.90 Å². The number of rotatable bonds is 8. The molecule has 1 aromatic carbocycles. The fraction of sp³-hybridized carbons (Fsp3) is 0.533. The number of benzene rings is 1. The molecule has 19 heavy (non-hydrogen) atoms. The van der Waals surface area contributed by atoms with Crippen molar-refractivity contribution >= 4 is 23.3 Å². The molecule has 0 radical (unpaired) electrons. The maximum absolute atomic E-state index is 11.5.